The summed E-state index contributed by atoms with van der Waals surface area (Å²) in [7, 11) is 0. The van der Waals surface area contributed by atoms with Crippen LogP contribution in [0.1, 0.15) is 43.4 Å². The highest BCUT2D eigenvalue weighted by molar-refractivity contribution is 5.56. The van der Waals surface area contributed by atoms with Crippen LogP contribution in [0.4, 0.5) is 5.69 Å². The van der Waals surface area contributed by atoms with Crippen LogP contribution in [0.5, 0.6) is 0 Å². The van der Waals surface area contributed by atoms with Crippen LogP contribution in [0.25, 0.3) is 0 Å². The smallest absolute Gasteiger partial charge is 0.0379 e. The average Bonchev–Trinajstić information content (AvgIpc) is 2.26. The van der Waals surface area contributed by atoms with E-state index in [4.69, 9.17) is 5.73 Å². The summed E-state index contributed by atoms with van der Waals surface area (Å²) in [5.41, 5.74) is 11.2. The second kappa shape index (κ2) is 6.37. The Morgan fingerprint density at radius 2 is 1.62 bits per heavy atom. The maximum atomic E-state index is 6.19. The molecule has 1 heteroatoms. The Morgan fingerprint density at radius 3 is 2.00 bits per heavy atom. The Labute approximate surface area is 99.4 Å². The van der Waals surface area contributed by atoms with Gasteiger partial charge in [-0.25, -0.2) is 0 Å². The van der Waals surface area contributed by atoms with Gasteiger partial charge in [0.25, 0.3) is 0 Å². The molecule has 2 N–H and O–H groups in total. The Bertz CT molecular complexity index is 325. The van der Waals surface area contributed by atoms with Gasteiger partial charge in [0.2, 0.25) is 0 Å². The van der Waals surface area contributed by atoms with Gasteiger partial charge in [-0.2, -0.15) is 0 Å². The van der Waals surface area contributed by atoms with Gasteiger partial charge < -0.3 is 5.73 Å². The third-order valence-electron chi connectivity index (χ3n) is 2.83. The van der Waals surface area contributed by atoms with Crippen molar-refractivity contribution in [2.45, 2.75) is 46.0 Å². The van der Waals surface area contributed by atoms with Gasteiger partial charge in [0.05, 0.1) is 0 Å². The first-order chi connectivity index (χ1) is 7.72. The van der Waals surface area contributed by atoms with E-state index in [0.29, 0.717) is 0 Å². The SMILES string of the molecule is C=CCc1cc(CCC)c(N)c(CCC)c1. The minimum Gasteiger partial charge on any atom is -0.398 e. The van der Waals surface area contributed by atoms with E-state index >= 15 is 0 Å². The molecule has 0 radical (unpaired) electrons. The molecule has 0 bridgehead atoms. The van der Waals surface area contributed by atoms with E-state index in [1.54, 1.807) is 0 Å². The number of nitrogen functional groups attached to an aromatic ring is 1. The topological polar surface area (TPSA) is 26.0 Å². The largest absolute Gasteiger partial charge is 0.398 e. The summed E-state index contributed by atoms with van der Waals surface area (Å²) in [6.45, 7) is 8.19. The summed E-state index contributed by atoms with van der Waals surface area (Å²) in [6.07, 6.45) is 7.34. The van der Waals surface area contributed by atoms with Crippen LogP contribution in [0.3, 0.4) is 0 Å². The number of nitrogens with two attached hydrogens (primary N) is 1. The number of rotatable bonds is 6. The Morgan fingerprint density at radius 1 is 1.12 bits per heavy atom. The predicted octanol–water partition coefficient (Wildman–Crippen LogP) is 3.90. The minimum absolute atomic E-state index is 0.938. The van der Waals surface area contributed by atoms with E-state index in [9.17, 15) is 0 Å². The fourth-order valence-corrected chi connectivity index (χ4v) is 2.09. The molecule has 0 aliphatic rings. The van der Waals surface area contributed by atoms with Crippen LogP contribution in [0.15, 0.2) is 24.8 Å². The van der Waals surface area contributed by atoms with Crippen molar-refractivity contribution in [2.24, 2.45) is 0 Å². The fourth-order valence-electron chi connectivity index (χ4n) is 2.09. The molecular formula is C15H23N. The predicted molar refractivity (Wildman–Crippen MR) is 72.7 cm³/mol. The summed E-state index contributed by atoms with van der Waals surface area (Å²) < 4.78 is 0. The summed E-state index contributed by atoms with van der Waals surface area (Å²) in [5.74, 6) is 0. The van der Waals surface area contributed by atoms with Crippen LogP contribution < -0.4 is 5.73 Å². The van der Waals surface area contributed by atoms with E-state index in [1.165, 1.54) is 16.7 Å². The lowest BCUT2D eigenvalue weighted by molar-refractivity contribution is 0.895. The highest BCUT2D eigenvalue weighted by Gasteiger charge is 2.06. The lowest BCUT2D eigenvalue weighted by atomic mass is 9.96. The average molecular weight is 217 g/mol. The second-order valence-corrected chi connectivity index (χ2v) is 4.32. The summed E-state index contributed by atoms with van der Waals surface area (Å²) in [4.78, 5) is 0. The molecule has 0 aromatic heterocycles. The summed E-state index contributed by atoms with van der Waals surface area (Å²) in [6, 6.07) is 4.47. The van der Waals surface area contributed by atoms with Crippen molar-refractivity contribution in [3.8, 4) is 0 Å². The first-order valence-corrected chi connectivity index (χ1v) is 6.23. The zero-order valence-electron chi connectivity index (χ0n) is 10.6. The Kier molecular flexibility index (Phi) is 5.10. The number of anilines is 1. The molecule has 0 amide bonds. The number of hydrogen-bond donors (Lipinski definition) is 1. The molecule has 1 aromatic rings. The van der Waals surface area contributed by atoms with Gasteiger partial charge in [0.1, 0.15) is 0 Å². The van der Waals surface area contributed by atoms with Crippen LogP contribution >= 0.6 is 0 Å². The summed E-state index contributed by atoms with van der Waals surface area (Å²) >= 11 is 0. The van der Waals surface area contributed by atoms with Crippen molar-refractivity contribution in [2.75, 3.05) is 5.73 Å². The normalized spacial score (nSPS) is 10.4. The van der Waals surface area contributed by atoms with Crippen molar-refractivity contribution < 1.29 is 0 Å². The van der Waals surface area contributed by atoms with E-state index < -0.39 is 0 Å². The molecule has 0 fully saturated rings. The lowest BCUT2D eigenvalue weighted by Gasteiger charge is -2.12. The molecule has 0 saturated carbocycles. The lowest BCUT2D eigenvalue weighted by Crippen LogP contribution is -2.02. The molecule has 88 valence electrons. The molecule has 0 atom stereocenters. The minimum atomic E-state index is 0.938. The van der Waals surface area contributed by atoms with Crippen molar-refractivity contribution in [1.82, 2.24) is 0 Å². The molecule has 0 saturated heterocycles. The molecule has 0 spiro atoms. The fraction of sp³-hybridized carbons (Fsp3) is 0.467. The molecule has 0 aliphatic heterocycles. The van der Waals surface area contributed by atoms with E-state index in [-0.39, 0.29) is 0 Å². The number of hydrogen-bond acceptors (Lipinski definition) is 1. The molecule has 0 heterocycles. The van der Waals surface area contributed by atoms with Gasteiger partial charge >= 0.3 is 0 Å². The molecule has 1 aromatic carbocycles. The van der Waals surface area contributed by atoms with Crippen molar-refractivity contribution in [3.05, 3.63) is 41.5 Å². The Hall–Kier alpha value is -1.24. The standard InChI is InChI=1S/C15H23N/c1-4-7-12-10-13(8-5-2)15(16)14(11-12)9-6-3/h4,10-11H,1,5-9,16H2,2-3H3. The molecule has 16 heavy (non-hydrogen) atoms. The maximum Gasteiger partial charge on any atom is 0.0379 e. The first-order valence-electron chi connectivity index (χ1n) is 6.23. The number of allylic oxidation sites excluding steroid dienone is 1. The van der Waals surface area contributed by atoms with Crippen LogP contribution in [0, 0.1) is 0 Å². The van der Waals surface area contributed by atoms with Crippen molar-refractivity contribution in [3.63, 3.8) is 0 Å². The number of benzene rings is 1. The molecule has 0 aliphatic carbocycles. The third-order valence-corrected chi connectivity index (χ3v) is 2.83. The highest BCUT2D eigenvalue weighted by atomic mass is 14.6. The second-order valence-electron chi connectivity index (χ2n) is 4.32. The quantitative estimate of drug-likeness (QED) is 0.567. The van der Waals surface area contributed by atoms with Crippen LogP contribution in [-0.4, -0.2) is 0 Å². The maximum absolute atomic E-state index is 6.19. The van der Waals surface area contributed by atoms with E-state index in [0.717, 1.165) is 37.8 Å². The van der Waals surface area contributed by atoms with Gasteiger partial charge in [0.15, 0.2) is 0 Å². The summed E-state index contributed by atoms with van der Waals surface area (Å²) in [5, 5.41) is 0. The highest BCUT2D eigenvalue weighted by Crippen LogP contribution is 2.23. The molecule has 1 rings (SSSR count). The zero-order valence-corrected chi connectivity index (χ0v) is 10.6. The van der Waals surface area contributed by atoms with Gasteiger partial charge in [-0.3, -0.25) is 0 Å². The van der Waals surface area contributed by atoms with Gasteiger partial charge in [-0.05, 0) is 36.0 Å². The monoisotopic (exact) mass is 217 g/mol. The third kappa shape index (κ3) is 3.13. The molecular weight excluding hydrogens is 194 g/mol. The first kappa shape index (κ1) is 12.8. The molecule has 1 nitrogen and oxygen atoms in total. The van der Waals surface area contributed by atoms with Crippen molar-refractivity contribution >= 4 is 5.69 Å². The van der Waals surface area contributed by atoms with Gasteiger partial charge in [-0.15, -0.1) is 6.58 Å². The zero-order chi connectivity index (χ0) is 12.0. The number of aryl methyl sites for hydroxylation is 2. The van der Waals surface area contributed by atoms with Crippen molar-refractivity contribution in [1.29, 1.82) is 0 Å². The van der Waals surface area contributed by atoms with Gasteiger partial charge in [0, 0.05) is 5.69 Å². The van der Waals surface area contributed by atoms with Gasteiger partial charge in [-0.1, -0.05) is 44.9 Å². The van der Waals surface area contributed by atoms with E-state index in [1.807, 2.05) is 6.08 Å². The van der Waals surface area contributed by atoms with Crippen LogP contribution in [-0.2, 0) is 19.3 Å². The van der Waals surface area contributed by atoms with E-state index in [2.05, 4.69) is 32.6 Å². The van der Waals surface area contributed by atoms with Crippen LogP contribution in [0.2, 0.25) is 0 Å². The molecule has 0 unspecified atom stereocenters. The Balaban J connectivity index is 3.09.